The lowest BCUT2D eigenvalue weighted by atomic mass is 10.3. The Morgan fingerprint density at radius 2 is 1.62 bits per heavy atom. The molecule has 0 aromatic carbocycles. The average molecular weight is 119 g/mol. The highest BCUT2D eigenvalue weighted by Gasteiger charge is 1.95. The van der Waals surface area contributed by atoms with Crippen molar-refractivity contribution in [2.75, 3.05) is 0 Å². The normalized spacial score (nSPS) is 10.4. The van der Waals surface area contributed by atoms with Crippen LogP contribution in [0, 0.1) is 0 Å². The summed E-state index contributed by atoms with van der Waals surface area (Å²) in [6.07, 6.45) is 0. The first-order valence-electron chi connectivity index (χ1n) is 1.90. The predicted molar refractivity (Wildman–Crippen MR) is 37.8 cm³/mol. The number of carbonyl (C=O) groups excluding carboxylic acids is 1. The molecule has 0 aromatic rings. The van der Waals surface area contributed by atoms with Crippen molar-refractivity contribution in [3.05, 3.63) is 0 Å². The molecule has 0 saturated carbocycles. The van der Waals surface area contributed by atoms with Crippen LogP contribution in [-0.4, -0.2) is 11.8 Å². The fraction of sp³-hybridized carbons (Fsp3) is 0.833. The van der Waals surface area contributed by atoms with Gasteiger partial charge in [-0.15, -0.1) is 0 Å². The molecule has 0 heterocycles. The third-order valence-corrected chi connectivity index (χ3v) is 0.641. The number of Topliss-reactive ketones (excluding diaryl/α,β-unsaturated/α-hetero) is 1. The van der Waals surface area contributed by atoms with Gasteiger partial charge < -0.3 is 5.73 Å². The van der Waals surface area contributed by atoms with Crippen molar-refractivity contribution in [3.8, 4) is 0 Å². The number of ketones is 1. The van der Waals surface area contributed by atoms with Crippen molar-refractivity contribution < 1.29 is 4.79 Å². The third-order valence-electron chi connectivity index (χ3n) is 0.641. The minimum Gasteiger partial charge on any atom is -0.322 e. The number of hydrogen-bond donors (Lipinski definition) is 1. The van der Waals surface area contributed by atoms with E-state index in [0.717, 1.165) is 0 Å². The fourth-order valence-electron chi connectivity index (χ4n) is 0. The molecule has 0 aliphatic carbocycles. The van der Waals surface area contributed by atoms with Gasteiger partial charge in [0.05, 0.1) is 6.04 Å². The van der Waals surface area contributed by atoms with E-state index in [4.69, 9.17) is 5.73 Å². The second-order valence-electron chi connectivity index (χ2n) is 1.40. The summed E-state index contributed by atoms with van der Waals surface area (Å²) in [6, 6.07) is -0.287. The van der Waals surface area contributed by atoms with E-state index in [1.54, 1.807) is 6.92 Å². The maximum Gasteiger partial charge on any atom is 0.146 e. The molecule has 52 valence electrons. The molecule has 0 bridgehead atoms. The average Bonchev–Trinajstić information content (AvgIpc) is 1.36. The summed E-state index contributed by atoms with van der Waals surface area (Å²) in [7, 11) is 0. The molecule has 0 aromatic heterocycles. The monoisotopic (exact) mass is 119 g/mol. The Kier molecular flexibility index (Phi) is 13.0. The molecular weight excluding hydrogens is 102 g/mol. The number of hydrogen-bond acceptors (Lipinski definition) is 2. The van der Waals surface area contributed by atoms with Gasteiger partial charge >= 0.3 is 0 Å². The summed E-state index contributed by atoms with van der Waals surface area (Å²) in [5, 5.41) is 0. The molecule has 1 unspecified atom stereocenters. The van der Waals surface area contributed by atoms with E-state index in [0.29, 0.717) is 0 Å². The maximum absolute atomic E-state index is 10.0. The molecular formula is C6H17NO. The van der Waals surface area contributed by atoms with Crippen LogP contribution in [0.5, 0.6) is 0 Å². The lowest BCUT2D eigenvalue weighted by Gasteiger charge is -1.91. The van der Waals surface area contributed by atoms with Gasteiger partial charge in [0.15, 0.2) is 0 Å². The second-order valence-corrected chi connectivity index (χ2v) is 1.40. The van der Waals surface area contributed by atoms with Gasteiger partial charge in [0.1, 0.15) is 5.78 Å². The van der Waals surface area contributed by atoms with Gasteiger partial charge in [-0.3, -0.25) is 4.79 Å². The van der Waals surface area contributed by atoms with Crippen molar-refractivity contribution in [3.63, 3.8) is 0 Å². The molecule has 2 nitrogen and oxygen atoms in total. The summed E-state index contributed by atoms with van der Waals surface area (Å²) in [5.74, 6) is 0.0370. The molecule has 0 amide bonds. The van der Waals surface area contributed by atoms with Crippen molar-refractivity contribution >= 4 is 5.78 Å². The van der Waals surface area contributed by atoms with Crippen molar-refractivity contribution in [1.82, 2.24) is 0 Å². The minimum atomic E-state index is -0.287. The molecule has 0 aliphatic rings. The topological polar surface area (TPSA) is 43.1 Å². The molecule has 0 fully saturated rings. The van der Waals surface area contributed by atoms with Crippen LogP contribution in [0.2, 0.25) is 0 Å². The van der Waals surface area contributed by atoms with Crippen LogP contribution < -0.4 is 5.73 Å². The largest absolute Gasteiger partial charge is 0.322 e. The van der Waals surface area contributed by atoms with E-state index in [1.165, 1.54) is 6.92 Å². The van der Waals surface area contributed by atoms with Crippen molar-refractivity contribution in [2.45, 2.75) is 34.7 Å². The molecule has 0 rings (SSSR count). The minimum absolute atomic E-state index is 0. The number of rotatable bonds is 1. The van der Waals surface area contributed by atoms with Gasteiger partial charge in [0.25, 0.3) is 0 Å². The standard InChI is InChI=1S/C4H9NO.2CH4/c1-3(5)4(2)6;;/h3H,5H2,1-2H3;2*1H4. The summed E-state index contributed by atoms with van der Waals surface area (Å²) >= 11 is 0. The predicted octanol–water partition coefficient (Wildman–Crippen LogP) is 1.19. The van der Waals surface area contributed by atoms with Crippen LogP contribution in [0.4, 0.5) is 0 Å². The Labute approximate surface area is 52.1 Å². The van der Waals surface area contributed by atoms with Gasteiger partial charge in [-0.25, -0.2) is 0 Å². The quantitative estimate of drug-likeness (QED) is 0.563. The Balaban J connectivity index is -0.000000125. The zero-order valence-electron chi connectivity index (χ0n) is 4.06. The van der Waals surface area contributed by atoms with Gasteiger partial charge in [-0.05, 0) is 13.8 Å². The molecule has 0 saturated heterocycles. The van der Waals surface area contributed by atoms with E-state index in [9.17, 15) is 4.79 Å². The van der Waals surface area contributed by atoms with Crippen LogP contribution in [0.3, 0.4) is 0 Å². The number of carbonyl (C=O) groups is 1. The zero-order valence-corrected chi connectivity index (χ0v) is 4.06. The molecule has 1 atom stereocenters. The zero-order chi connectivity index (χ0) is 5.15. The third kappa shape index (κ3) is 9.16. The van der Waals surface area contributed by atoms with Crippen LogP contribution >= 0.6 is 0 Å². The SMILES string of the molecule is C.C.CC(=O)C(C)N. The maximum atomic E-state index is 10.0. The highest BCUT2D eigenvalue weighted by molar-refractivity contribution is 5.80. The van der Waals surface area contributed by atoms with Crippen LogP contribution in [0.15, 0.2) is 0 Å². The number of nitrogens with two attached hydrogens (primary N) is 1. The summed E-state index contributed by atoms with van der Waals surface area (Å²) in [6.45, 7) is 3.15. The van der Waals surface area contributed by atoms with Gasteiger partial charge in [0, 0.05) is 0 Å². The molecule has 0 radical (unpaired) electrons. The molecule has 0 spiro atoms. The Morgan fingerprint density at radius 1 is 1.50 bits per heavy atom. The van der Waals surface area contributed by atoms with E-state index in [-0.39, 0.29) is 26.7 Å². The van der Waals surface area contributed by atoms with E-state index in [2.05, 4.69) is 0 Å². The molecule has 8 heavy (non-hydrogen) atoms. The first kappa shape index (κ1) is 15.6. The van der Waals surface area contributed by atoms with E-state index < -0.39 is 0 Å². The van der Waals surface area contributed by atoms with Crippen LogP contribution in [0.1, 0.15) is 28.7 Å². The van der Waals surface area contributed by atoms with E-state index >= 15 is 0 Å². The Hall–Kier alpha value is -0.370. The molecule has 0 aliphatic heterocycles. The van der Waals surface area contributed by atoms with E-state index in [1.807, 2.05) is 0 Å². The van der Waals surface area contributed by atoms with Gasteiger partial charge in [-0.1, -0.05) is 14.9 Å². The highest BCUT2D eigenvalue weighted by Crippen LogP contribution is 1.72. The second kappa shape index (κ2) is 6.63. The summed E-state index contributed by atoms with van der Waals surface area (Å²) < 4.78 is 0. The first-order chi connectivity index (χ1) is 2.64. The van der Waals surface area contributed by atoms with Gasteiger partial charge in [0.2, 0.25) is 0 Å². The van der Waals surface area contributed by atoms with Crippen molar-refractivity contribution in [2.24, 2.45) is 5.73 Å². The summed E-state index contributed by atoms with van der Waals surface area (Å²) in [5.41, 5.74) is 5.09. The smallest absolute Gasteiger partial charge is 0.146 e. The highest BCUT2D eigenvalue weighted by atomic mass is 16.1. The Morgan fingerprint density at radius 3 is 1.62 bits per heavy atom. The lowest BCUT2D eigenvalue weighted by molar-refractivity contribution is -0.117. The fourth-order valence-corrected chi connectivity index (χ4v) is 0. The van der Waals surface area contributed by atoms with Gasteiger partial charge in [-0.2, -0.15) is 0 Å². The van der Waals surface area contributed by atoms with Crippen molar-refractivity contribution in [1.29, 1.82) is 0 Å². The molecule has 2 N–H and O–H groups in total. The summed E-state index contributed by atoms with van der Waals surface area (Å²) in [4.78, 5) is 10.0. The lowest BCUT2D eigenvalue weighted by Crippen LogP contribution is -2.23. The first-order valence-corrected chi connectivity index (χ1v) is 1.90. The molecule has 2 heteroatoms. The van der Waals surface area contributed by atoms with Crippen LogP contribution in [0.25, 0.3) is 0 Å². The van der Waals surface area contributed by atoms with Crippen LogP contribution in [-0.2, 0) is 4.79 Å². The Bertz CT molecular complexity index is 59.5.